The van der Waals surface area contributed by atoms with E-state index in [0.29, 0.717) is 0 Å². The molecule has 2 aliphatic heterocycles. The topological polar surface area (TPSA) is 80.1 Å². The summed E-state index contributed by atoms with van der Waals surface area (Å²) in [5, 5.41) is 7.33. The van der Waals surface area contributed by atoms with Crippen molar-refractivity contribution in [1.82, 2.24) is 15.2 Å². The zero-order chi connectivity index (χ0) is 13.5. The van der Waals surface area contributed by atoms with Crippen LogP contribution < -0.4 is 15.4 Å². The highest BCUT2D eigenvalue weighted by atomic mass is 16.5. The molecule has 0 saturated carbocycles. The molecule has 3 N–H and O–H groups in total. The molecular weight excluding hydrogens is 254 g/mol. The summed E-state index contributed by atoms with van der Waals surface area (Å²) < 4.78 is 5.52. The van der Waals surface area contributed by atoms with Crippen molar-refractivity contribution in [2.45, 2.75) is 18.9 Å². The monoisotopic (exact) mass is 271 g/mol. The van der Waals surface area contributed by atoms with Crippen LogP contribution in [0.3, 0.4) is 0 Å². The van der Waals surface area contributed by atoms with Crippen LogP contribution >= 0.6 is 0 Å². The van der Waals surface area contributed by atoms with Crippen molar-refractivity contribution in [3.63, 3.8) is 0 Å². The van der Waals surface area contributed by atoms with Crippen LogP contribution in [-0.4, -0.2) is 40.9 Å². The summed E-state index contributed by atoms with van der Waals surface area (Å²) in [6, 6.07) is 6.38. The number of hydrogen-bond acceptors (Lipinski definition) is 5. The van der Waals surface area contributed by atoms with Crippen LogP contribution in [0.5, 0.6) is 5.75 Å². The molecule has 0 radical (unpaired) electrons. The minimum atomic E-state index is 0.231. The Morgan fingerprint density at radius 2 is 2.35 bits per heavy atom. The van der Waals surface area contributed by atoms with Gasteiger partial charge in [0, 0.05) is 31.1 Å². The van der Waals surface area contributed by atoms with Gasteiger partial charge in [0.1, 0.15) is 5.75 Å². The molecule has 0 aliphatic carbocycles. The van der Waals surface area contributed by atoms with Gasteiger partial charge < -0.3 is 15.4 Å². The first-order valence-electron chi connectivity index (χ1n) is 6.98. The normalized spacial score (nSPS) is 21.1. The Balaban J connectivity index is 1.61. The summed E-state index contributed by atoms with van der Waals surface area (Å²) in [6.45, 7) is 2.53. The number of nitrogens with one attached hydrogen (secondary N) is 1. The van der Waals surface area contributed by atoms with Crippen LogP contribution in [0.25, 0.3) is 11.4 Å². The van der Waals surface area contributed by atoms with Crippen molar-refractivity contribution in [2.75, 3.05) is 24.6 Å². The fourth-order valence-electron chi connectivity index (χ4n) is 2.83. The fraction of sp³-hybridized carbons (Fsp3) is 0.429. The summed E-state index contributed by atoms with van der Waals surface area (Å²) in [6.07, 6.45) is 1.96. The Morgan fingerprint density at radius 3 is 3.20 bits per heavy atom. The molecule has 1 unspecified atom stereocenters. The number of nitrogens with two attached hydrogens (primary N) is 1. The maximum atomic E-state index is 5.92. The van der Waals surface area contributed by atoms with Crippen molar-refractivity contribution < 1.29 is 4.74 Å². The lowest BCUT2D eigenvalue weighted by Gasteiger charge is -2.11. The van der Waals surface area contributed by atoms with Crippen molar-refractivity contribution in [1.29, 1.82) is 0 Å². The molecule has 4 rings (SSSR count). The Morgan fingerprint density at radius 1 is 1.40 bits per heavy atom. The predicted molar refractivity (Wildman–Crippen MR) is 75.8 cm³/mol. The Bertz CT molecular complexity index is 638. The number of nitrogens with zero attached hydrogens (tertiary/aromatic N) is 3. The molecule has 1 aromatic heterocycles. The molecule has 1 saturated heterocycles. The van der Waals surface area contributed by atoms with E-state index in [1.165, 1.54) is 5.56 Å². The smallest absolute Gasteiger partial charge is 0.245 e. The van der Waals surface area contributed by atoms with E-state index in [9.17, 15) is 0 Å². The molecule has 1 fully saturated rings. The highest BCUT2D eigenvalue weighted by Crippen LogP contribution is 2.29. The summed E-state index contributed by atoms with van der Waals surface area (Å²) in [5.41, 5.74) is 8.21. The van der Waals surface area contributed by atoms with Crippen molar-refractivity contribution in [2.24, 2.45) is 5.73 Å². The van der Waals surface area contributed by atoms with Gasteiger partial charge in [-0.3, -0.25) is 5.10 Å². The summed E-state index contributed by atoms with van der Waals surface area (Å²) >= 11 is 0. The number of anilines is 1. The summed E-state index contributed by atoms with van der Waals surface area (Å²) in [4.78, 5) is 6.71. The van der Waals surface area contributed by atoms with Crippen LogP contribution in [0.1, 0.15) is 12.0 Å². The lowest BCUT2D eigenvalue weighted by molar-refractivity contribution is 0.357. The third-order valence-corrected chi connectivity index (χ3v) is 3.94. The van der Waals surface area contributed by atoms with Crippen LogP contribution in [0.2, 0.25) is 0 Å². The lowest BCUT2D eigenvalue weighted by atomic mass is 10.1. The summed E-state index contributed by atoms with van der Waals surface area (Å²) in [7, 11) is 0. The quantitative estimate of drug-likeness (QED) is 0.850. The molecule has 2 aliphatic rings. The Labute approximate surface area is 116 Å². The maximum Gasteiger partial charge on any atom is 0.245 e. The number of aromatic amines is 1. The van der Waals surface area contributed by atoms with Gasteiger partial charge in [0.15, 0.2) is 5.82 Å². The molecular formula is C14H17N5O. The van der Waals surface area contributed by atoms with Gasteiger partial charge in [0.2, 0.25) is 5.95 Å². The largest absolute Gasteiger partial charge is 0.493 e. The minimum absolute atomic E-state index is 0.231. The molecule has 1 aromatic carbocycles. The summed E-state index contributed by atoms with van der Waals surface area (Å²) in [5.74, 6) is 2.53. The van der Waals surface area contributed by atoms with E-state index >= 15 is 0 Å². The van der Waals surface area contributed by atoms with Crippen LogP contribution in [0, 0.1) is 0 Å². The Kier molecular flexibility index (Phi) is 2.63. The number of aromatic nitrogens is 3. The van der Waals surface area contributed by atoms with E-state index in [4.69, 9.17) is 10.5 Å². The van der Waals surface area contributed by atoms with Gasteiger partial charge in [-0.05, 0) is 30.2 Å². The van der Waals surface area contributed by atoms with Gasteiger partial charge in [0.05, 0.1) is 6.61 Å². The zero-order valence-electron chi connectivity index (χ0n) is 11.2. The molecule has 3 heterocycles. The average Bonchev–Trinajstić information content (AvgIpc) is 3.17. The van der Waals surface area contributed by atoms with Gasteiger partial charge in [-0.25, -0.2) is 0 Å². The molecule has 0 bridgehead atoms. The predicted octanol–water partition coefficient (Wildman–Crippen LogP) is 0.944. The number of ether oxygens (including phenoxy) is 1. The average molecular weight is 271 g/mol. The van der Waals surface area contributed by atoms with Gasteiger partial charge >= 0.3 is 0 Å². The van der Waals surface area contributed by atoms with E-state index in [1.807, 2.05) is 12.1 Å². The molecule has 6 heteroatoms. The number of fused-ring (bicyclic) bond motifs is 1. The standard InChI is InChI=1S/C14H17N5O/c15-11-3-5-19(8-11)14-16-13(17-18-14)10-1-2-12-9(7-10)4-6-20-12/h1-2,7,11H,3-6,8,15H2,(H,16,17,18). The lowest BCUT2D eigenvalue weighted by Crippen LogP contribution is -2.26. The third kappa shape index (κ3) is 1.92. The number of hydrogen-bond donors (Lipinski definition) is 2. The molecule has 104 valence electrons. The second kappa shape index (κ2) is 4.49. The molecule has 0 spiro atoms. The van der Waals surface area contributed by atoms with E-state index in [0.717, 1.165) is 55.6 Å². The fourth-order valence-corrected chi connectivity index (χ4v) is 2.83. The molecule has 6 nitrogen and oxygen atoms in total. The van der Waals surface area contributed by atoms with Crippen LogP contribution in [0.15, 0.2) is 18.2 Å². The first-order chi connectivity index (χ1) is 9.79. The zero-order valence-corrected chi connectivity index (χ0v) is 11.2. The van der Waals surface area contributed by atoms with Crippen LogP contribution in [0.4, 0.5) is 5.95 Å². The van der Waals surface area contributed by atoms with Crippen molar-refractivity contribution >= 4 is 5.95 Å². The second-order valence-corrected chi connectivity index (χ2v) is 5.40. The van der Waals surface area contributed by atoms with E-state index in [1.54, 1.807) is 0 Å². The molecule has 2 aromatic rings. The minimum Gasteiger partial charge on any atom is -0.493 e. The number of H-pyrrole nitrogens is 1. The van der Waals surface area contributed by atoms with Crippen LogP contribution in [-0.2, 0) is 6.42 Å². The van der Waals surface area contributed by atoms with E-state index in [2.05, 4.69) is 26.1 Å². The van der Waals surface area contributed by atoms with Gasteiger partial charge in [-0.15, -0.1) is 5.10 Å². The Hall–Kier alpha value is -2.08. The van der Waals surface area contributed by atoms with E-state index < -0.39 is 0 Å². The highest BCUT2D eigenvalue weighted by Gasteiger charge is 2.23. The maximum absolute atomic E-state index is 5.92. The van der Waals surface area contributed by atoms with Crippen molar-refractivity contribution in [3.8, 4) is 17.1 Å². The number of rotatable bonds is 2. The third-order valence-electron chi connectivity index (χ3n) is 3.94. The highest BCUT2D eigenvalue weighted by molar-refractivity contribution is 5.60. The molecule has 20 heavy (non-hydrogen) atoms. The van der Waals surface area contributed by atoms with Gasteiger partial charge in [-0.2, -0.15) is 4.98 Å². The number of benzene rings is 1. The van der Waals surface area contributed by atoms with E-state index in [-0.39, 0.29) is 6.04 Å². The molecule has 0 amide bonds. The van der Waals surface area contributed by atoms with Crippen molar-refractivity contribution in [3.05, 3.63) is 23.8 Å². The first-order valence-corrected chi connectivity index (χ1v) is 6.98. The van der Waals surface area contributed by atoms with Gasteiger partial charge in [-0.1, -0.05) is 0 Å². The van der Waals surface area contributed by atoms with Gasteiger partial charge in [0.25, 0.3) is 0 Å². The molecule has 1 atom stereocenters. The second-order valence-electron chi connectivity index (χ2n) is 5.40. The first kappa shape index (κ1) is 11.7. The SMILES string of the molecule is NC1CCN(c2n[nH]c(-c3ccc4c(c3)CCO4)n2)C1.